The monoisotopic (exact) mass is 244 g/mol. The second kappa shape index (κ2) is 6.02. The minimum Gasteiger partial charge on any atom is -0.472 e. The second-order valence-electron chi connectivity index (χ2n) is 4.11. The lowest BCUT2D eigenvalue weighted by Crippen LogP contribution is -2.12. The molecule has 0 aliphatic rings. The molecule has 18 heavy (non-hydrogen) atoms. The van der Waals surface area contributed by atoms with E-state index in [-0.39, 0.29) is 5.91 Å². The Morgan fingerprint density at radius 3 is 2.44 bits per heavy atom. The third kappa shape index (κ3) is 3.75. The number of carbonyl (C=O) groups excluding carboxylic acids is 1. The van der Waals surface area contributed by atoms with Crippen molar-refractivity contribution in [3.8, 4) is 0 Å². The highest BCUT2D eigenvalue weighted by Gasteiger charge is 1.97. The van der Waals surface area contributed by atoms with Gasteiger partial charge < -0.3 is 15.1 Å². The Balaban J connectivity index is 1.81. The number of anilines is 1. The molecule has 2 aromatic rings. The van der Waals surface area contributed by atoms with Crippen LogP contribution < -0.4 is 10.6 Å². The van der Waals surface area contributed by atoms with Crippen LogP contribution in [0, 0.1) is 0 Å². The minimum atomic E-state index is -0.0548. The molecule has 0 saturated heterocycles. The molecular formula is C14H16N2O2. The van der Waals surface area contributed by atoms with Crippen molar-refractivity contribution in [3.63, 3.8) is 0 Å². The molecule has 0 atom stereocenters. The molecule has 0 bridgehead atoms. The number of carbonyl (C=O) groups is 1. The van der Waals surface area contributed by atoms with Gasteiger partial charge in [0, 0.05) is 31.3 Å². The molecule has 1 aromatic heterocycles. The maximum Gasteiger partial charge on any atom is 0.221 e. The van der Waals surface area contributed by atoms with Crippen LogP contribution in [0.2, 0.25) is 0 Å². The number of rotatable bonds is 5. The molecule has 2 rings (SSSR count). The molecule has 1 heterocycles. The van der Waals surface area contributed by atoms with Crippen LogP contribution in [0.3, 0.4) is 0 Å². The average Bonchev–Trinajstić information content (AvgIpc) is 2.84. The van der Waals surface area contributed by atoms with Crippen LogP contribution >= 0.6 is 0 Å². The van der Waals surface area contributed by atoms with E-state index in [4.69, 9.17) is 4.42 Å². The summed E-state index contributed by atoms with van der Waals surface area (Å²) in [6.07, 6.45) is 3.39. The van der Waals surface area contributed by atoms with Gasteiger partial charge in [0.25, 0.3) is 0 Å². The van der Waals surface area contributed by atoms with Gasteiger partial charge in [-0.1, -0.05) is 12.1 Å². The zero-order valence-corrected chi connectivity index (χ0v) is 10.3. The van der Waals surface area contributed by atoms with E-state index in [0.29, 0.717) is 0 Å². The van der Waals surface area contributed by atoms with Gasteiger partial charge in [-0.2, -0.15) is 0 Å². The van der Waals surface area contributed by atoms with Gasteiger partial charge >= 0.3 is 0 Å². The van der Waals surface area contributed by atoms with Gasteiger partial charge in [-0.25, -0.2) is 0 Å². The average molecular weight is 244 g/mol. The number of benzene rings is 1. The van der Waals surface area contributed by atoms with Crippen molar-refractivity contribution in [2.45, 2.75) is 20.0 Å². The molecule has 4 heteroatoms. The quantitative estimate of drug-likeness (QED) is 0.849. The number of furan rings is 1. The van der Waals surface area contributed by atoms with E-state index >= 15 is 0 Å². The molecule has 0 spiro atoms. The summed E-state index contributed by atoms with van der Waals surface area (Å²) in [7, 11) is 0. The Hall–Kier alpha value is -2.07. The molecule has 1 amide bonds. The molecule has 94 valence electrons. The smallest absolute Gasteiger partial charge is 0.221 e. The van der Waals surface area contributed by atoms with E-state index in [1.165, 1.54) is 12.5 Å². The first-order valence-electron chi connectivity index (χ1n) is 5.82. The van der Waals surface area contributed by atoms with Crippen LogP contribution in [0.25, 0.3) is 0 Å². The first-order chi connectivity index (χ1) is 8.74. The summed E-state index contributed by atoms with van der Waals surface area (Å²) in [4.78, 5) is 10.9. The van der Waals surface area contributed by atoms with E-state index in [0.717, 1.165) is 24.3 Å². The van der Waals surface area contributed by atoms with Crippen molar-refractivity contribution in [2.24, 2.45) is 0 Å². The van der Waals surface area contributed by atoms with Gasteiger partial charge in [-0.3, -0.25) is 4.79 Å². The zero-order valence-electron chi connectivity index (χ0n) is 10.3. The molecule has 0 unspecified atom stereocenters. The van der Waals surface area contributed by atoms with Crippen LogP contribution in [0.5, 0.6) is 0 Å². The number of nitrogens with one attached hydrogen (secondary N) is 2. The fourth-order valence-corrected chi connectivity index (χ4v) is 1.65. The molecule has 0 saturated carbocycles. The van der Waals surface area contributed by atoms with Crippen molar-refractivity contribution >= 4 is 11.6 Å². The first kappa shape index (κ1) is 12.4. The lowest BCUT2D eigenvalue weighted by Gasteiger charge is -2.05. The van der Waals surface area contributed by atoms with Crippen LogP contribution in [-0.4, -0.2) is 5.91 Å². The fraction of sp³-hybridized carbons (Fsp3) is 0.214. The van der Waals surface area contributed by atoms with E-state index in [1.807, 2.05) is 30.3 Å². The summed E-state index contributed by atoms with van der Waals surface area (Å²) < 4.78 is 4.99. The Morgan fingerprint density at radius 1 is 1.11 bits per heavy atom. The molecular weight excluding hydrogens is 228 g/mol. The molecule has 4 nitrogen and oxygen atoms in total. The lowest BCUT2D eigenvalue weighted by atomic mass is 10.2. The van der Waals surface area contributed by atoms with Crippen LogP contribution in [0.1, 0.15) is 18.1 Å². The van der Waals surface area contributed by atoms with E-state index < -0.39 is 0 Å². The normalized spacial score (nSPS) is 10.3. The summed E-state index contributed by atoms with van der Waals surface area (Å²) >= 11 is 0. The molecule has 0 aliphatic heterocycles. The summed E-state index contributed by atoms with van der Waals surface area (Å²) in [6.45, 7) is 3.07. The molecule has 0 aliphatic carbocycles. The summed E-state index contributed by atoms with van der Waals surface area (Å²) in [6, 6.07) is 9.72. The lowest BCUT2D eigenvalue weighted by molar-refractivity contribution is -0.114. The predicted molar refractivity (Wildman–Crippen MR) is 70.0 cm³/mol. The van der Waals surface area contributed by atoms with Gasteiger partial charge in [-0.05, 0) is 23.8 Å². The van der Waals surface area contributed by atoms with Gasteiger partial charge in [0.05, 0.1) is 12.5 Å². The van der Waals surface area contributed by atoms with Gasteiger partial charge in [0.2, 0.25) is 5.91 Å². The maximum absolute atomic E-state index is 10.9. The van der Waals surface area contributed by atoms with E-state index in [1.54, 1.807) is 12.5 Å². The first-order valence-corrected chi connectivity index (χ1v) is 5.82. The number of hydrogen-bond acceptors (Lipinski definition) is 3. The molecule has 0 radical (unpaired) electrons. The third-order valence-corrected chi connectivity index (χ3v) is 2.51. The summed E-state index contributed by atoms with van der Waals surface area (Å²) in [5.41, 5.74) is 3.12. The molecule has 1 aromatic carbocycles. The Bertz CT molecular complexity index is 489. The molecule has 0 fully saturated rings. The van der Waals surface area contributed by atoms with E-state index in [9.17, 15) is 4.79 Å². The maximum atomic E-state index is 10.9. The van der Waals surface area contributed by atoms with Crippen LogP contribution in [-0.2, 0) is 17.9 Å². The van der Waals surface area contributed by atoms with Crippen molar-refractivity contribution in [3.05, 3.63) is 54.0 Å². The van der Waals surface area contributed by atoms with Crippen LogP contribution in [0.15, 0.2) is 47.3 Å². The zero-order chi connectivity index (χ0) is 12.8. The van der Waals surface area contributed by atoms with Crippen molar-refractivity contribution in [2.75, 3.05) is 5.32 Å². The predicted octanol–water partition coefficient (Wildman–Crippen LogP) is 2.53. The number of amides is 1. The van der Waals surface area contributed by atoms with E-state index in [2.05, 4.69) is 10.6 Å². The van der Waals surface area contributed by atoms with Gasteiger partial charge in [0.15, 0.2) is 0 Å². The summed E-state index contributed by atoms with van der Waals surface area (Å²) in [5, 5.41) is 6.06. The summed E-state index contributed by atoms with van der Waals surface area (Å²) in [5.74, 6) is -0.0548. The van der Waals surface area contributed by atoms with Gasteiger partial charge in [0.1, 0.15) is 0 Å². The topological polar surface area (TPSA) is 54.3 Å². The van der Waals surface area contributed by atoms with Crippen molar-refractivity contribution in [1.82, 2.24) is 5.32 Å². The third-order valence-electron chi connectivity index (χ3n) is 2.51. The highest BCUT2D eigenvalue weighted by molar-refractivity contribution is 5.88. The highest BCUT2D eigenvalue weighted by Crippen LogP contribution is 2.09. The van der Waals surface area contributed by atoms with Crippen molar-refractivity contribution < 1.29 is 9.21 Å². The standard InChI is InChI=1S/C14H16N2O2/c1-11(17)16-14-4-2-12(3-5-14)8-15-9-13-6-7-18-10-13/h2-7,10,15H,8-9H2,1H3,(H,16,17). The number of hydrogen-bond donors (Lipinski definition) is 2. The minimum absolute atomic E-state index is 0.0548. The van der Waals surface area contributed by atoms with Crippen molar-refractivity contribution in [1.29, 1.82) is 0 Å². The fourth-order valence-electron chi connectivity index (χ4n) is 1.65. The van der Waals surface area contributed by atoms with Crippen LogP contribution in [0.4, 0.5) is 5.69 Å². The Kier molecular flexibility index (Phi) is 4.15. The largest absolute Gasteiger partial charge is 0.472 e. The SMILES string of the molecule is CC(=O)Nc1ccc(CNCc2ccoc2)cc1. The highest BCUT2D eigenvalue weighted by atomic mass is 16.3. The Labute approximate surface area is 106 Å². The molecule has 2 N–H and O–H groups in total. The van der Waals surface area contributed by atoms with Gasteiger partial charge in [-0.15, -0.1) is 0 Å². The Morgan fingerprint density at radius 2 is 1.83 bits per heavy atom. The second-order valence-corrected chi connectivity index (χ2v) is 4.11.